The number of hydrogen-bond donors (Lipinski definition) is 4. The number of nitrogens with two attached hydrogens (primary N) is 2. The molecule has 12 nitrogen and oxygen atoms in total. The maximum absolute atomic E-state index is 14.0. The zero-order valence-corrected chi connectivity index (χ0v) is 30.9. The normalized spacial score (nSPS) is 17.2. The van der Waals surface area contributed by atoms with E-state index >= 15 is 0 Å². The van der Waals surface area contributed by atoms with E-state index in [1.165, 1.54) is 10.6 Å². The zero-order valence-electron chi connectivity index (χ0n) is 30.1. The molecule has 0 bridgehead atoms. The molecule has 0 fully saturated rings. The lowest BCUT2D eigenvalue weighted by Crippen LogP contribution is -2.52. The smallest absolute Gasteiger partial charge is 0.245 e. The Bertz CT molecular complexity index is 1630. The molecule has 51 heavy (non-hydrogen) atoms. The fourth-order valence-corrected chi connectivity index (χ4v) is 7.55. The predicted molar refractivity (Wildman–Crippen MR) is 198 cm³/mol. The van der Waals surface area contributed by atoms with Crippen LogP contribution in [0.15, 0.2) is 71.8 Å². The molecule has 3 amide bonds. The van der Waals surface area contributed by atoms with Crippen molar-refractivity contribution in [3.05, 3.63) is 82.9 Å². The van der Waals surface area contributed by atoms with Gasteiger partial charge < -0.3 is 27.0 Å². The van der Waals surface area contributed by atoms with Crippen LogP contribution in [0.4, 0.5) is 0 Å². The van der Waals surface area contributed by atoms with Crippen molar-refractivity contribution >= 4 is 33.5 Å². The minimum atomic E-state index is -3.34. The van der Waals surface area contributed by atoms with Crippen molar-refractivity contribution in [3.8, 4) is 0 Å². The van der Waals surface area contributed by atoms with E-state index < -0.39 is 45.9 Å². The van der Waals surface area contributed by atoms with Crippen molar-refractivity contribution in [2.24, 2.45) is 23.3 Å². The monoisotopic (exact) mass is 722 g/mol. The number of amides is 3. The van der Waals surface area contributed by atoms with Gasteiger partial charge in [-0.3, -0.25) is 19.2 Å². The number of hydrogen-bond acceptors (Lipinski definition) is 8. The van der Waals surface area contributed by atoms with Crippen LogP contribution >= 0.6 is 0 Å². The summed E-state index contributed by atoms with van der Waals surface area (Å²) in [7, 11) is -3.34. The van der Waals surface area contributed by atoms with Crippen LogP contribution in [-0.4, -0.2) is 98.2 Å². The average molecular weight is 723 g/mol. The third-order valence-corrected chi connectivity index (χ3v) is 10.7. The molecule has 0 spiro atoms. The Hall–Kier alpha value is -3.91. The molecule has 4 atom stereocenters. The maximum atomic E-state index is 14.0. The van der Waals surface area contributed by atoms with E-state index in [2.05, 4.69) is 10.6 Å². The van der Waals surface area contributed by atoms with Gasteiger partial charge in [0, 0.05) is 38.5 Å². The van der Waals surface area contributed by atoms with Crippen molar-refractivity contribution < 1.29 is 27.6 Å². The molecule has 2 aromatic carbocycles. The highest BCUT2D eigenvalue weighted by Crippen LogP contribution is 2.28. The summed E-state index contributed by atoms with van der Waals surface area (Å²) in [6, 6.07) is 16.2. The molecular weight excluding hydrogens is 669 g/mol. The molecule has 6 N–H and O–H groups in total. The highest BCUT2D eigenvalue weighted by molar-refractivity contribution is 7.88. The minimum Gasteiger partial charge on any atom is -0.345 e. The van der Waals surface area contributed by atoms with Crippen LogP contribution in [0.3, 0.4) is 0 Å². The van der Waals surface area contributed by atoms with Gasteiger partial charge in [0.2, 0.25) is 27.7 Å². The van der Waals surface area contributed by atoms with Gasteiger partial charge in [-0.25, -0.2) is 8.42 Å². The standard InChI is InChI=1S/C38H54N6O6S/c1-26(2)18-29(21-35(45)34(20-28-14-8-5-9-15-28)42-37(47)32(40)19-27-12-6-4-7-13-27)36(46)41-33(16-10-11-17-39)38(48)43-22-30-24-44(51(3,49)50)25-31(30)23-43/h4-9,12-15,26,29,32-34H,10-11,16-25,39-40H2,1-3H3,(H,41,46)(H,42,47). The fraction of sp³-hybridized carbons (Fsp3) is 0.526. The first-order chi connectivity index (χ1) is 24.2. The van der Waals surface area contributed by atoms with Gasteiger partial charge in [-0.2, -0.15) is 4.31 Å². The number of ketones is 1. The molecule has 4 rings (SSSR count). The van der Waals surface area contributed by atoms with Crippen LogP contribution in [0.2, 0.25) is 0 Å². The van der Waals surface area contributed by atoms with Crippen molar-refractivity contribution in [1.82, 2.24) is 19.8 Å². The molecule has 4 unspecified atom stereocenters. The van der Waals surface area contributed by atoms with Crippen LogP contribution in [0, 0.1) is 11.8 Å². The number of nitrogens with one attached hydrogen (secondary N) is 2. The largest absolute Gasteiger partial charge is 0.345 e. The molecular formula is C38H54N6O6S. The van der Waals surface area contributed by atoms with Gasteiger partial charge in [-0.1, -0.05) is 74.5 Å². The molecule has 0 saturated heterocycles. The van der Waals surface area contributed by atoms with Crippen LogP contribution in [0.5, 0.6) is 0 Å². The van der Waals surface area contributed by atoms with E-state index in [4.69, 9.17) is 11.5 Å². The molecule has 13 heteroatoms. The summed E-state index contributed by atoms with van der Waals surface area (Å²) in [6.07, 6.45) is 3.69. The van der Waals surface area contributed by atoms with E-state index in [-0.39, 0.29) is 43.5 Å². The van der Waals surface area contributed by atoms with E-state index in [0.29, 0.717) is 51.7 Å². The third kappa shape index (κ3) is 11.8. The van der Waals surface area contributed by atoms with Crippen molar-refractivity contribution in [2.75, 3.05) is 39.0 Å². The zero-order chi connectivity index (χ0) is 37.1. The lowest BCUT2D eigenvalue weighted by Gasteiger charge is -2.29. The summed E-state index contributed by atoms with van der Waals surface area (Å²) in [4.78, 5) is 56.9. The summed E-state index contributed by atoms with van der Waals surface area (Å²) < 4.78 is 25.5. The summed E-state index contributed by atoms with van der Waals surface area (Å²) in [5, 5.41) is 5.86. The molecule has 0 saturated carbocycles. The van der Waals surface area contributed by atoms with Gasteiger partial charge >= 0.3 is 0 Å². The molecule has 2 aliphatic rings. The number of carbonyl (C=O) groups is 4. The summed E-state index contributed by atoms with van der Waals surface area (Å²) >= 11 is 0. The van der Waals surface area contributed by atoms with Crippen molar-refractivity contribution in [2.45, 2.75) is 76.9 Å². The van der Waals surface area contributed by atoms with Crippen LogP contribution in [-0.2, 0) is 42.0 Å². The first kappa shape index (κ1) is 39.9. The van der Waals surface area contributed by atoms with Crippen LogP contribution in [0.1, 0.15) is 57.1 Å². The molecule has 0 aliphatic carbocycles. The topological polar surface area (TPSA) is 185 Å². The molecule has 2 aliphatic heterocycles. The molecule has 2 heterocycles. The number of rotatable bonds is 19. The number of nitrogens with zero attached hydrogens (tertiary/aromatic N) is 2. The highest BCUT2D eigenvalue weighted by atomic mass is 32.2. The Labute approximate surface area is 302 Å². The second-order valence-corrected chi connectivity index (χ2v) is 16.3. The van der Waals surface area contributed by atoms with E-state index in [1.807, 2.05) is 74.5 Å². The number of unbranched alkanes of at least 4 members (excludes halogenated alkanes) is 1. The Morgan fingerprint density at radius 1 is 0.784 bits per heavy atom. The number of carbonyl (C=O) groups excluding carboxylic acids is 4. The second-order valence-electron chi connectivity index (χ2n) is 14.3. The van der Waals surface area contributed by atoms with Gasteiger partial charge in [0.1, 0.15) is 6.04 Å². The number of Topliss-reactive ketones (excluding diaryl/α,β-unsaturated/α-hetero) is 1. The second kappa shape index (κ2) is 18.5. The summed E-state index contributed by atoms with van der Waals surface area (Å²) in [5.41, 5.74) is 15.6. The molecule has 2 aromatic rings. The van der Waals surface area contributed by atoms with Gasteiger partial charge in [0.05, 0.1) is 18.3 Å². The van der Waals surface area contributed by atoms with Crippen LogP contribution < -0.4 is 22.1 Å². The van der Waals surface area contributed by atoms with Crippen molar-refractivity contribution in [1.29, 1.82) is 0 Å². The Kier molecular flexibility index (Phi) is 14.5. The number of sulfonamides is 1. The predicted octanol–water partition coefficient (Wildman–Crippen LogP) is 1.93. The van der Waals surface area contributed by atoms with Crippen molar-refractivity contribution in [3.63, 3.8) is 0 Å². The first-order valence-corrected chi connectivity index (χ1v) is 19.7. The maximum Gasteiger partial charge on any atom is 0.245 e. The molecule has 278 valence electrons. The van der Waals surface area contributed by atoms with Gasteiger partial charge in [0.25, 0.3) is 0 Å². The fourth-order valence-electron chi connectivity index (χ4n) is 6.77. The Balaban J connectivity index is 1.47. The summed E-state index contributed by atoms with van der Waals surface area (Å²) in [6.45, 7) is 5.53. The Morgan fingerprint density at radius 3 is 1.86 bits per heavy atom. The lowest BCUT2D eigenvalue weighted by atomic mass is 9.88. The number of benzene rings is 2. The van der Waals surface area contributed by atoms with E-state index in [0.717, 1.165) is 22.3 Å². The van der Waals surface area contributed by atoms with Gasteiger partial charge in [0.15, 0.2) is 5.78 Å². The summed E-state index contributed by atoms with van der Waals surface area (Å²) in [5.74, 6) is -2.03. The van der Waals surface area contributed by atoms with Crippen LogP contribution in [0.25, 0.3) is 0 Å². The van der Waals surface area contributed by atoms with E-state index in [9.17, 15) is 27.6 Å². The lowest BCUT2D eigenvalue weighted by molar-refractivity contribution is -0.138. The highest BCUT2D eigenvalue weighted by Gasteiger charge is 2.38. The average Bonchev–Trinajstić information content (AvgIpc) is 3.68. The molecule has 0 aromatic heterocycles. The molecule has 0 radical (unpaired) electrons. The van der Waals surface area contributed by atoms with Gasteiger partial charge in [-0.05, 0) is 73.3 Å². The Morgan fingerprint density at radius 2 is 1.33 bits per heavy atom. The quantitative estimate of drug-likeness (QED) is 0.125. The van der Waals surface area contributed by atoms with E-state index in [1.54, 1.807) is 4.90 Å². The third-order valence-electron chi connectivity index (χ3n) is 9.54. The minimum absolute atomic E-state index is 0.0740. The SMILES string of the molecule is CC(C)CC(CC(=O)C(Cc1ccccc1)NC(=O)C(N)Cc1ccccc1)C(=O)NC(CCCCN)C(=O)N1CC2=C(C1)CN(S(C)(=O)=O)C2. The van der Waals surface area contributed by atoms with Gasteiger partial charge in [-0.15, -0.1) is 0 Å². The first-order valence-electron chi connectivity index (χ1n) is 17.9.